The fourth-order valence-corrected chi connectivity index (χ4v) is 3.60. The highest BCUT2D eigenvalue weighted by atomic mass is 35.5. The van der Waals surface area contributed by atoms with Crippen LogP contribution in [0.5, 0.6) is 0 Å². The molecule has 0 N–H and O–H groups in total. The molecule has 6 nitrogen and oxygen atoms in total. The summed E-state index contributed by atoms with van der Waals surface area (Å²) in [7, 11) is 3.02. The van der Waals surface area contributed by atoms with E-state index in [2.05, 4.69) is 15.1 Å². The molecule has 0 unspecified atom stereocenters. The largest absolute Gasteiger partial charge is 0.417 e. The van der Waals surface area contributed by atoms with E-state index in [1.54, 1.807) is 0 Å². The van der Waals surface area contributed by atoms with Crippen LogP contribution in [0.2, 0.25) is 10.3 Å². The molecule has 3 aromatic rings. The first-order chi connectivity index (χ1) is 13.5. The second kappa shape index (κ2) is 7.79. The van der Waals surface area contributed by atoms with E-state index in [1.807, 2.05) is 0 Å². The van der Waals surface area contributed by atoms with Gasteiger partial charge in [-0.25, -0.2) is 9.97 Å². The first-order valence-electron chi connectivity index (χ1n) is 8.42. The Labute approximate surface area is 174 Å². The molecule has 3 rings (SSSR count). The molecule has 0 saturated carbocycles. The minimum atomic E-state index is -4.58. The smallest absolute Gasteiger partial charge is 0.352 e. The lowest BCUT2D eigenvalue weighted by Crippen LogP contribution is -2.28. The predicted octanol–water partition coefficient (Wildman–Crippen LogP) is 4.25. The van der Waals surface area contributed by atoms with Crippen molar-refractivity contribution in [2.75, 3.05) is 18.5 Å². The van der Waals surface area contributed by atoms with E-state index in [0.717, 1.165) is 6.07 Å². The third-order valence-corrected chi connectivity index (χ3v) is 4.68. The molecule has 3 aromatic heterocycles. The van der Waals surface area contributed by atoms with Gasteiger partial charge in [0.2, 0.25) is 0 Å². The van der Waals surface area contributed by atoms with Crippen LogP contribution >= 0.6 is 23.2 Å². The van der Waals surface area contributed by atoms with Crippen LogP contribution in [-0.4, -0.2) is 39.1 Å². The van der Waals surface area contributed by atoms with E-state index < -0.39 is 11.7 Å². The molecule has 0 saturated heterocycles. The van der Waals surface area contributed by atoms with Crippen LogP contribution in [0.3, 0.4) is 0 Å². The normalized spacial score (nSPS) is 11.9. The number of halogens is 5. The van der Waals surface area contributed by atoms with Crippen molar-refractivity contribution in [1.29, 1.82) is 0 Å². The zero-order chi connectivity index (χ0) is 21.5. The molecule has 0 aromatic carbocycles. The van der Waals surface area contributed by atoms with Gasteiger partial charge in [0, 0.05) is 20.5 Å². The first-order valence-corrected chi connectivity index (χ1v) is 9.17. The molecule has 0 aliphatic heterocycles. The maximum absolute atomic E-state index is 13.6. The Balaban J connectivity index is 1.89. The highest BCUT2D eigenvalue weighted by molar-refractivity contribution is 6.32. The number of anilines is 1. The van der Waals surface area contributed by atoms with Crippen molar-refractivity contribution in [2.45, 2.75) is 19.5 Å². The molecule has 0 atom stereocenters. The summed E-state index contributed by atoms with van der Waals surface area (Å²) in [6, 6.07) is 3.95. The molecular weight excluding hydrogens is 430 g/mol. The van der Waals surface area contributed by atoms with Crippen LogP contribution in [-0.2, 0) is 24.4 Å². The lowest BCUT2D eigenvalue weighted by Gasteiger charge is -2.19. The number of nitrogens with zero attached hydrogens (tertiary/aromatic N) is 5. The molecule has 0 bridgehead atoms. The Morgan fingerprint density at radius 3 is 2.38 bits per heavy atom. The van der Waals surface area contributed by atoms with Crippen molar-refractivity contribution in [2.24, 2.45) is 7.05 Å². The van der Waals surface area contributed by atoms with Gasteiger partial charge in [0.05, 0.1) is 23.2 Å². The molecule has 0 fully saturated rings. The number of ketones is 1. The van der Waals surface area contributed by atoms with Crippen molar-refractivity contribution >= 4 is 45.8 Å². The summed E-state index contributed by atoms with van der Waals surface area (Å²) in [4.78, 5) is 21.9. The summed E-state index contributed by atoms with van der Waals surface area (Å²) >= 11 is 11.7. The zero-order valence-electron chi connectivity index (χ0n) is 15.7. The maximum atomic E-state index is 13.6. The van der Waals surface area contributed by atoms with Crippen LogP contribution in [0.25, 0.3) is 11.0 Å². The number of carbonyl (C=O) groups excluding carboxylic acids is 1. The Morgan fingerprint density at radius 2 is 1.79 bits per heavy atom. The van der Waals surface area contributed by atoms with E-state index in [9.17, 15) is 18.0 Å². The number of likely N-dealkylation sites (N-methyl/N-ethyl adjacent to an activating group) is 1. The summed E-state index contributed by atoms with van der Waals surface area (Å²) in [5.74, 6) is -0.227. The minimum Gasteiger partial charge on any atom is -0.352 e. The second-order valence-electron chi connectivity index (χ2n) is 6.63. The Morgan fingerprint density at radius 1 is 1.17 bits per heavy atom. The Hall–Kier alpha value is -2.39. The van der Waals surface area contributed by atoms with E-state index in [-0.39, 0.29) is 51.6 Å². The average Bonchev–Trinajstić information content (AvgIpc) is 2.86. The number of carbonyl (C=O) groups is 1. The molecule has 0 radical (unpaired) electrons. The number of aromatic nitrogens is 4. The van der Waals surface area contributed by atoms with Crippen LogP contribution in [0, 0.1) is 6.92 Å². The lowest BCUT2D eigenvalue weighted by molar-refractivity contribution is -0.136. The fraction of sp³-hybridized carbons (Fsp3) is 0.333. The van der Waals surface area contributed by atoms with E-state index in [4.69, 9.17) is 23.2 Å². The summed E-state index contributed by atoms with van der Waals surface area (Å²) < 4.78 is 42.1. The number of hydrogen-bond acceptors (Lipinski definition) is 5. The number of fused-ring (bicyclic) bond motifs is 1. The van der Waals surface area contributed by atoms with E-state index >= 15 is 0 Å². The highest BCUT2D eigenvalue weighted by Gasteiger charge is 2.35. The molecule has 0 aliphatic carbocycles. The van der Waals surface area contributed by atoms with Crippen molar-refractivity contribution in [3.63, 3.8) is 0 Å². The van der Waals surface area contributed by atoms with Crippen molar-refractivity contribution in [1.82, 2.24) is 19.7 Å². The van der Waals surface area contributed by atoms with Gasteiger partial charge in [-0.1, -0.05) is 23.2 Å². The summed E-state index contributed by atoms with van der Waals surface area (Å²) in [5.41, 5.74) is 0.0588. The van der Waals surface area contributed by atoms with Crippen LogP contribution < -0.4 is 4.90 Å². The number of pyridine rings is 2. The van der Waals surface area contributed by atoms with Crippen LogP contribution in [0.1, 0.15) is 16.8 Å². The minimum absolute atomic E-state index is 0.00545. The average molecular weight is 446 g/mol. The lowest BCUT2D eigenvalue weighted by atomic mass is 10.1. The monoisotopic (exact) mass is 445 g/mol. The highest BCUT2D eigenvalue weighted by Crippen LogP contribution is 2.37. The summed E-state index contributed by atoms with van der Waals surface area (Å²) in [6.45, 7) is 1.35. The topological polar surface area (TPSA) is 63.9 Å². The number of alkyl halides is 3. The maximum Gasteiger partial charge on any atom is 0.417 e. The third-order valence-electron chi connectivity index (χ3n) is 4.29. The second-order valence-corrected chi connectivity index (χ2v) is 7.40. The summed E-state index contributed by atoms with van der Waals surface area (Å²) in [6.07, 6.45) is -4.58. The van der Waals surface area contributed by atoms with Crippen molar-refractivity contribution in [3.8, 4) is 0 Å². The van der Waals surface area contributed by atoms with Gasteiger partial charge in [-0.2, -0.15) is 18.3 Å². The number of hydrogen-bond donors (Lipinski definition) is 0. The standard InChI is InChI=1S/C18H16Cl2F3N5O/c1-9-16-12(18(21,22)23)7-15(25-17(16)28(3)26-9)27(2)8-11(29)4-10-5-13(19)24-14(20)6-10/h5-7H,4,8H2,1-3H3. The Bertz CT molecular complexity index is 1080. The molecule has 0 spiro atoms. The SMILES string of the molecule is Cc1nn(C)c2nc(N(C)CC(=O)Cc3cc(Cl)nc(Cl)c3)cc(C(F)(F)F)c12. The van der Waals surface area contributed by atoms with Gasteiger partial charge in [0.25, 0.3) is 0 Å². The molecule has 0 amide bonds. The molecule has 154 valence electrons. The van der Waals surface area contributed by atoms with Gasteiger partial charge in [-0.3, -0.25) is 9.48 Å². The van der Waals surface area contributed by atoms with Crippen LogP contribution in [0.4, 0.5) is 19.0 Å². The third kappa shape index (κ3) is 4.62. The molecule has 11 heteroatoms. The first kappa shape index (κ1) is 21.3. The van der Waals surface area contributed by atoms with Gasteiger partial charge in [-0.15, -0.1) is 0 Å². The van der Waals surface area contributed by atoms with Gasteiger partial charge >= 0.3 is 6.18 Å². The fourth-order valence-electron chi connectivity index (χ4n) is 3.10. The van der Waals surface area contributed by atoms with Gasteiger partial charge < -0.3 is 4.90 Å². The van der Waals surface area contributed by atoms with Crippen LogP contribution in [0.15, 0.2) is 18.2 Å². The molecule has 29 heavy (non-hydrogen) atoms. The number of rotatable bonds is 5. The van der Waals surface area contributed by atoms with Crippen molar-refractivity contribution in [3.05, 3.63) is 45.3 Å². The Kier molecular flexibility index (Phi) is 5.73. The van der Waals surface area contributed by atoms with Crippen molar-refractivity contribution < 1.29 is 18.0 Å². The molecule has 0 aliphatic rings. The zero-order valence-corrected chi connectivity index (χ0v) is 17.2. The number of Topliss-reactive ketones (excluding diaryl/α,β-unsaturated/α-hetero) is 1. The number of aryl methyl sites for hydroxylation is 2. The molecular formula is C18H16Cl2F3N5O. The van der Waals surface area contributed by atoms with E-state index in [1.165, 1.54) is 42.7 Å². The van der Waals surface area contributed by atoms with Gasteiger partial charge in [0.15, 0.2) is 11.4 Å². The van der Waals surface area contributed by atoms with Gasteiger partial charge in [-0.05, 0) is 30.7 Å². The predicted molar refractivity (Wildman–Crippen MR) is 104 cm³/mol. The summed E-state index contributed by atoms with van der Waals surface area (Å²) in [5, 5.41) is 4.29. The van der Waals surface area contributed by atoms with Gasteiger partial charge in [0.1, 0.15) is 16.1 Å². The van der Waals surface area contributed by atoms with E-state index in [0.29, 0.717) is 5.56 Å². The quantitative estimate of drug-likeness (QED) is 0.549. The molecule has 3 heterocycles.